The van der Waals surface area contributed by atoms with Crippen LogP contribution >= 0.6 is 0 Å². The minimum absolute atomic E-state index is 0.275. The van der Waals surface area contributed by atoms with E-state index >= 15 is 0 Å². The lowest BCUT2D eigenvalue weighted by Crippen LogP contribution is -2.19. The van der Waals surface area contributed by atoms with Gasteiger partial charge in [-0.1, -0.05) is 80.4 Å². The van der Waals surface area contributed by atoms with Gasteiger partial charge in [-0.2, -0.15) is 5.10 Å². The molecule has 1 unspecified atom stereocenters. The van der Waals surface area contributed by atoms with Crippen molar-refractivity contribution in [2.24, 2.45) is 5.10 Å². The van der Waals surface area contributed by atoms with Gasteiger partial charge in [0.15, 0.2) is 6.29 Å². The smallest absolute Gasteiger partial charge is 0.152 e. The molecule has 3 aromatic rings. The van der Waals surface area contributed by atoms with E-state index in [0.29, 0.717) is 5.56 Å². The predicted molar refractivity (Wildman–Crippen MR) is 117 cm³/mol. The van der Waals surface area contributed by atoms with E-state index in [1.165, 1.54) is 24.1 Å². The second-order valence-electron chi connectivity index (χ2n) is 7.44. The fraction of sp³-hybridized carbons (Fsp3) is 0.280. The number of fused-ring (bicyclic) bond motifs is 1. The van der Waals surface area contributed by atoms with E-state index < -0.39 is 0 Å². The Hall–Kier alpha value is -2.94. The highest BCUT2D eigenvalue weighted by molar-refractivity contribution is 6.04. The van der Waals surface area contributed by atoms with Crippen LogP contribution in [0.4, 0.5) is 5.69 Å². The van der Waals surface area contributed by atoms with Gasteiger partial charge in [0.2, 0.25) is 0 Å². The Labute approximate surface area is 166 Å². The van der Waals surface area contributed by atoms with Gasteiger partial charge in [-0.05, 0) is 29.9 Å². The second kappa shape index (κ2) is 8.39. The second-order valence-corrected chi connectivity index (χ2v) is 7.44. The minimum Gasteiger partial charge on any atom is -0.298 e. The van der Waals surface area contributed by atoms with Crippen LogP contribution in [0.15, 0.2) is 71.8 Å². The molecule has 0 amide bonds. The highest BCUT2D eigenvalue weighted by Crippen LogP contribution is 2.36. The van der Waals surface area contributed by atoms with Crippen LogP contribution in [0, 0.1) is 0 Å². The summed E-state index contributed by atoms with van der Waals surface area (Å²) in [6.45, 7) is 3.00. The van der Waals surface area contributed by atoms with Crippen LogP contribution in [0.5, 0.6) is 0 Å². The Morgan fingerprint density at radius 3 is 2.57 bits per heavy atom. The molecule has 0 aromatic heterocycles. The lowest BCUT2D eigenvalue weighted by molar-refractivity contribution is 0.112. The zero-order valence-corrected chi connectivity index (χ0v) is 16.3. The van der Waals surface area contributed by atoms with Crippen molar-refractivity contribution in [2.75, 3.05) is 11.6 Å². The van der Waals surface area contributed by atoms with Gasteiger partial charge in [-0.25, -0.2) is 0 Å². The number of hydrogen-bond donors (Lipinski definition) is 0. The number of benzene rings is 3. The minimum atomic E-state index is 0.275. The van der Waals surface area contributed by atoms with Gasteiger partial charge in [0.05, 0.1) is 12.2 Å². The van der Waals surface area contributed by atoms with Gasteiger partial charge in [0.1, 0.15) is 0 Å². The molecule has 0 bridgehead atoms. The summed E-state index contributed by atoms with van der Waals surface area (Å²) < 4.78 is 0. The summed E-state index contributed by atoms with van der Waals surface area (Å²) in [7, 11) is 0. The fourth-order valence-electron chi connectivity index (χ4n) is 4.10. The molecule has 0 radical (unpaired) electrons. The summed E-state index contributed by atoms with van der Waals surface area (Å²) >= 11 is 0. The van der Waals surface area contributed by atoms with Crippen LogP contribution < -0.4 is 5.01 Å². The monoisotopic (exact) mass is 370 g/mol. The first-order valence-electron chi connectivity index (χ1n) is 10.2. The predicted octanol–water partition coefficient (Wildman–Crippen LogP) is 6.19. The van der Waals surface area contributed by atoms with Crippen LogP contribution in [-0.2, 0) is 0 Å². The molecule has 0 aliphatic carbocycles. The quantitative estimate of drug-likeness (QED) is 0.367. The van der Waals surface area contributed by atoms with Crippen LogP contribution in [0.2, 0.25) is 0 Å². The van der Waals surface area contributed by atoms with E-state index in [1.807, 2.05) is 24.3 Å². The molecule has 0 spiro atoms. The molecule has 28 heavy (non-hydrogen) atoms. The van der Waals surface area contributed by atoms with Gasteiger partial charge < -0.3 is 0 Å². The molecular formula is C25H26N2O. The van der Waals surface area contributed by atoms with Crippen molar-refractivity contribution in [2.45, 2.75) is 38.5 Å². The lowest BCUT2D eigenvalue weighted by Gasteiger charge is -2.20. The van der Waals surface area contributed by atoms with Crippen molar-refractivity contribution in [1.82, 2.24) is 0 Å². The molecule has 0 N–H and O–H groups in total. The first kappa shape index (κ1) is 18.4. The van der Waals surface area contributed by atoms with E-state index in [4.69, 9.17) is 5.10 Å². The first-order valence-corrected chi connectivity index (χ1v) is 10.2. The van der Waals surface area contributed by atoms with E-state index in [1.54, 1.807) is 0 Å². The molecule has 142 valence electrons. The molecule has 1 aliphatic heterocycles. The van der Waals surface area contributed by atoms with E-state index in [-0.39, 0.29) is 5.92 Å². The Balaban J connectivity index is 1.76. The van der Waals surface area contributed by atoms with Crippen molar-refractivity contribution in [3.8, 4) is 0 Å². The molecule has 3 nitrogen and oxygen atoms in total. The molecule has 3 aromatic carbocycles. The summed E-state index contributed by atoms with van der Waals surface area (Å²) in [6, 6.07) is 22.8. The summed E-state index contributed by atoms with van der Waals surface area (Å²) in [4.78, 5) is 11.8. The fourth-order valence-corrected chi connectivity index (χ4v) is 4.10. The zero-order valence-electron chi connectivity index (χ0n) is 16.3. The Bertz CT molecular complexity index is 994. The Morgan fingerprint density at radius 1 is 1.00 bits per heavy atom. The third-order valence-corrected chi connectivity index (χ3v) is 5.56. The van der Waals surface area contributed by atoms with Crippen LogP contribution in [0.3, 0.4) is 0 Å². The third-order valence-electron chi connectivity index (χ3n) is 5.56. The summed E-state index contributed by atoms with van der Waals surface area (Å²) in [5.74, 6) is 0.275. The molecule has 0 saturated carbocycles. The average molecular weight is 370 g/mol. The number of aldehydes is 1. The molecule has 0 saturated heterocycles. The number of carbonyl (C=O) groups is 1. The number of hydrazone groups is 1. The van der Waals surface area contributed by atoms with Crippen LogP contribution in [0.25, 0.3) is 10.8 Å². The van der Waals surface area contributed by atoms with Gasteiger partial charge in [0, 0.05) is 22.6 Å². The van der Waals surface area contributed by atoms with Crippen molar-refractivity contribution in [1.29, 1.82) is 0 Å². The average Bonchev–Trinajstić information content (AvgIpc) is 3.17. The van der Waals surface area contributed by atoms with Gasteiger partial charge in [-0.15, -0.1) is 0 Å². The molecule has 4 rings (SSSR count). The van der Waals surface area contributed by atoms with Crippen molar-refractivity contribution >= 4 is 28.5 Å². The number of rotatable bonds is 7. The number of nitrogens with zero attached hydrogens (tertiary/aromatic N) is 2. The first-order chi connectivity index (χ1) is 13.8. The molecule has 1 heterocycles. The summed E-state index contributed by atoms with van der Waals surface area (Å²) in [5, 5.41) is 9.31. The van der Waals surface area contributed by atoms with E-state index in [0.717, 1.165) is 42.1 Å². The molecule has 3 heteroatoms. The van der Waals surface area contributed by atoms with Crippen LogP contribution in [0.1, 0.15) is 54.4 Å². The van der Waals surface area contributed by atoms with Gasteiger partial charge in [0.25, 0.3) is 0 Å². The number of unbranched alkanes of at least 4 members (excludes halogenated alkanes) is 2. The highest BCUT2D eigenvalue weighted by Gasteiger charge is 2.30. The molecular weight excluding hydrogens is 344 g/mol. The Kier molecular flexibility index (Phi) is 5.52. The molecule has 1 atom stereocenters. The summed E-state index contributed by atoms with van der Waals surface area (Å²) in [5.41, 5.74) is 4.15. The lowest BCUT2D eigenvalue weighted by atomic mass is 9.91. The number of carbonyl (C=O) groups excluding carboxylic acids is 1. The maximum absolute atomic E-state index is 11.8. The largest absolute Gasteiger partial charge is 0.298 e. The standard InChI is InChI=1S/C25H26N2O/c1-2-3-5-14-24-23(19-10-6-4-7-11-19)17-27(26-24)25-21(18-28)16-15-20-12-8-9-13-22(20)25/h4,6-13,15-16,18,23H,2-3,5,14,17H2,1H3. The van der Waals surface area contributed by atoms with E-state index in [9.17, 15) is 4.79 Å². The van der Waals surface area contributed by atoms with E-state index in [2.05, 4.69) is 54.4 Å². The van der Waals surface area contributed by atoms with Crippen molar-refractivity contribution < 1.29 is 4.79 Å². The molecule has 0 fully saturated rings. The number of anilines is 1. The van der Waals surface area contributed by atoms with Gasteiger partial charge in [-0.3, -0.25) is 9.80 Å². The maximum Gasteiger partial charge on any atom is 0.152 e. The van der Waals surface area contributed by atoms with Crippen molar-refractivity contribution in [3.05, 3.63) is 77.9 Å². The Morgan fingerprint density at radius 2 is 1.79 bits per heavy atom. The van der Waals surface area contributed by atoms with Gasteiger partial charge >= 0.3 is 0 Å². The summed E-state index contributed by atoms with van der Waals surface area (Å²) in [6.07, 6.45) is 5.53. The number of hydrogen-bond acceptors (Lipinski definition) is 3. The van der Waals surface area contributed by atoms with Crippen LogP contribution in [-0.4, -0.2) is 18.5 Å². The van der Waals surface area contributed by atoms with Crippen molar-refractivity contribution in [3.63, 3.8) is 0 Å². The maximum atomic E-state index is 11.8. The SMILES string of the molecule is CCCCCC1=NN(c2c(C=O)ccc3ccccc23)CC1c1ccccc1. The highest BCUT2D eigenvalue weighted by atomic mass is 16.1. The third kappa shape index (κ3) is 3.57. The topological polar surface area (TPSA) is 32.7 Å². The zero-order chi connectivity index (χ0) is 19.3. The molecule has 1 aliphatic rings. The normalized spacial score (nSPS) is 16.4.